The molecule has 5 rings (SSSR count). The molecule has 2 heterocycles. The molecular formula is C28H36N4O2. The van der Waals surface area contributed by atoms with Gasteiger partial charge in [-0.25, -0.2) is 0 Å². The third-order valence-corrected chi connectivity index (χ3v) is 8.12. The highest BCUT2D eigenvalue weighted by Gasteiger charge is 2.30. The van der Waals surface area contributed by atoms with E-state index in [1.54, 1.807) is 0 Å². The maximum Gasteiger partial charge on any atom is 0.253 e. The molecule has 0 radical (unpaired) electrons. The van der Waals surface area contributed by atoms with Crippen LogP contribution in [-0.4, -0.2) is 47.9 Å². The molecule has 1 unspecified atom stereocenters. The lowest BCUT2D eigenvalue weighted by Crippen LogP contribution is -2.45. The SMILES string of the molecule is CN(C(=O)c1ccc2c(c1)C(NC(=O)C1CCCCC1)CC2)C1CCN(c2ccncc2)CC1. The van der Waals surface area contributed by atoms with Crippen molar-refractivity contribution in [2.24, 2.45) is 5.92 Å². The van der Waals surface area contributed by atoms with Gasteiger partial charge >= 0.3 is 0 Å². The summed E-state index contributed by atoms with van der Waals surface area (Å²) in [6, 6.07) is 10.5. The molecule has 3 aliphatic rings. The van der Waals surface area contributed by atoms with Crippen LogP contribution in [-0.2, 0) is 11.2 Å². The van der Waals surface area contributed by atoms with Crippen LogP contribution >= 0.6 is 0 Å². The lowest BCUT2D eigenvalue weighted by atomic mass is 9.88. The second-order valence-corrected chi connectivity index (χ2v) is 10.2. The lowest BCUT2D eigenvalue weighted by Gasteiger charge is -2.38. The Balaban J connectivity index is 1.22. The van der Waals surface area contributed by atoms with E-state index < -0.39 is 0 Å². The van der Waals surface area contributed by atoms with Gasteiger partial charge in [0.25, 0.3) is 5.91 Å². The van der Waals surface area contributed by atoms with E-state index in [0.29, 0.717) is 0 Å². The molecule has 1 saturated carbocycles. The molecule has 2 amide bonds. The fourth-order valence-electron chi connectivity index (χ4n) is 5.98. The minimum absolute atomic E-state index is 0.0334. The van der Waals surface area contributed by atoms with E-state index in [1.165, 1.54) is 17.7 Å². The number of rotatable bonds is 5. The van der Waals surface area contributed by atoms with Crippen LogP contribution < -0.4 is 10.2 Å². The first-order chi connectivity index (χ1) is 16.6. The molecule has 0 spiro atoms. The highest BCUT2D eigenvalue weighted by atomic mass is 16.2. The summed E-state index contributed by atoms with van der Waals surface area (Å²) in [4.78, 5) is 34.6. The minimum Gasteiger partial charge on any atom is -0.371 e. The Morgan fingerprint density at radius 3 is 2.44 bits per heavy atom. The molecule has 180 valence electrons. The van der Waals surface area contributed by atoms with Crippen molar-refractivity contribution in [1.82, 2.24) is 15.2 Å². The molecule has 1 aromatic heterocycles. The van der Waals surface area contributed by atoms with Crippen LogP contribution in [0.15, 0.2) is 42.7 Å². The van der Waals surface area contributed by atoms with Crippen LogP contribution in [0.1, 0.15) is 78.9 Å². The van der Waals surface area contributed by atoms with E-state index in [0.717, 1.165) is 75.6 Å². The smallest absolute Gasteiger partial charge is 0.253 e. The summed E-state index contributed by atoms with van der Waals surface area (Å²) in [5.74, 6) is 0.438. The standard InChI is InChI=1S/C28H36N4O2/c1-31(23-13-17-32(18-14-23)24-11-15-29-16-12-24)28(34)22-8-7-20-9-10-26(25(20)19-22)30-27(33)21-5-3-2-4-6-21/h7-8,11-12,15-16,19,21,23,26H,2-6,9-10,13-14,17-18H2,1H3,(H,30,33). The van der Waals surface area contributed by atoms with Crippen LogP contribution in [0, 0.1) is 5.92 Å². The number of nitrogens with one attached hydrogen (secondary N) is 1. The van der Waals surface area contributed by atoms with Crippen molar-refractivity contribution in [2.75, 3.05) is 25.0 Å². The van der Waals surface area contributed by atoms with Crippen LogP contribution in [0.4, 0.5) is 5.69 Å². The van der Waals surface area contributed by atoms with Crippen LogP contribution in [0.3, 0.4) is 0 Å². The van der Waals surface area contributed by atoms with E-state index in [9.17, 15) is 9.59 Å². The molecular weight excluding hydrogens is 424 g/mol. The third-order valence-electron chi connectivity index (χ3n) is 8.12. The predicted octanol–water partition coefficient (Wildman–Crippen LogP) is 4.51. The average Bonchev–Trinajstić information content (AvgIpc) is 3.30. The van der Waals surface area contributed by atoms with E-state index in [2.05, 4.69) is 21.3 Å². The zero-order valence-corrected chi connectivity index (χ0v) is 20.2. The molecule has 2 fully saturated rings. The molecule has 1 atom stereocenters. The topological polar surface area (TPSA) is 65.5 Å². The summed E-state index contributed by atoms with van der Waals surface area (Å²) in [7, 11) is 1.94. The number of fused-ring (bicyclic) bond motifs is 1. The fourth-order valence-corrected chi connectivity index (χ4v) is 5.98. The number of carbonyl (C=O) groups excluding carboxylic acids is 2. The number of amides is 2. The van der Waals surface area contributed by atoms with Gasteiger partial charge < -0.3 is 15.1 Å². The highest BCUT2D eigenvalue weighted by molar-refractivity contribution is 5.94. The van der Waals surface area contributed by atoms with Crippen molar-refractivity contribution in [1.29, 1.82) is 0 Å². The molecule has 2 aliphatic carbocycles. The van der Waals surface area contributed by atoms with Gasteiger partial charge in [-0.3, -0.25) is 14.6 Å². The largest absolute Gasteiger partial charge is 0.371 e. The van der Waals surface area contributed by atoms with Crippen molar-refractivity contribution in [3.8, 4) is 0 Å². The second kappa shape index (κ2) is 10.2. The Morgan fingerprint density at radius 2 is 1.71 bits per heavy atom. The summed E-state index contributed by atoms with van der Waals surface area (Å²) in [5, 5.41) is 3.31. The van der Waals surface area contributed by atoms with Gasteiger partial charge in [-0.15, -0.1) is 0 Å². The molecule has 0 bridgehead atoms. The Labute approximate surface area is 202 Å². The summed E-state index contributed by atoms with van der Waals surface area (Å²) >= 11 is 0. The Kier molecular flexibility index (Phi) is 6.84. The van der Waals surface area contributed by atoms with Gasteiger partial charge in [-0.05, 0) is 73.9 Å². The van der Waals surface area contributed by atoms with E-state index >= 15 is 0 Å². The lowest BCUT2D eigenvalue weighted by molar-refractivity contribution is -0.126. The molecule has 1 aromatic carbocycles. The quantitative estimate of drug-likeness (QED) is 0.713. The Bertz CT molecular complexity index is 1010. The first-order valence-electron chi connectivity index (χ1n) is 13.0. The normalized spacial score (nSPS) is 21.2. The second-order valence-electron chi connectivity index (χ2n) is 10.2. The molecule has 1 N–H and O–H groups in total. The highest BCUT2D eigenvalue weighted by Crippen LogP contribution is 2.34. The van der Waals surface area contributed by atoms with Crippen molar-refractivity contribution in [3.63, 3.8) is 0 Å². The van der Waals surface area contributed by atoms with Gasteiger partial charge in [-0.1, -0.05) is 25.3 Å². The number of aryl methyl sites for hydroxylation is 1. The van der Waals surface area contributed by atoms with Crippen LogP contribution in [0.5, 0.6) is 0 Å². The predicted molar refractivity (Wildman–Crippen MR) is 134 cm³/mol. The van der Waals surface area contributed by atoms with E-state index in [-0.39, 0.29) is 29.8 Å². The summed E-state index contributed by atoms with van der Waals surface area (Å²) in [5.41, 5.74) is 4.33. The molecule has 34 heavy (non-hydrogen) atoms. The molecule has 2 aromatic rings. The molecule has 6 nitrogen and oxygen atoms in total. The van der Waals surface area contributed by atoms with Gasteiger partial charge in [0.1, 0.15) is 0 Å². The fraction of sp³-hybridized carbons (Fsp3) is 0.536. The monoisotopic (exact) mass is 460 g/mol. The zero-order valence-electron chi connectivity index (χ0n) is 20.2. The molecule has 1 aliphatic heterocycles. The third kappa shape index (κ3) is 4.82. The number of piperidine rings is 1. The Morgan fingerprint density at radius 1 is 0.971 bits per heavy atom. The Hall–Kier alpha value is -2.89. The maximum absolute atomic E-state index is 13.4. The number of hydrogen-bond acceptors (Lipinski definition) is 4. The van der Waals surface area contributed by atoms with E-state index in [1.807, 2.05) is 48.6 Å². The first kappa shape index (κ1) is 22.9. The molecule has 6 heteroatoms. The van der Waals surface area contributed by atoms with Crippen LogP contribution in [0.2, 0.25) is 0 Å². The van der Waals surface area contributed by atoms with Crippen LogP contribution in [0.25, 0.3) is 0 Å². The maximum atomic E-state index is 13.4. The number of pyridine rings is 1. The zero-order chi connectivity index (χ0) is 23.5. The van der Waals surface area contributed by atoms with Crippen molar-refractivity contribution in [3.05, 3.63) is 59.4 Å². The number of aromatic nitrogens is 1. The van der Waals surface area contributed by atoms with Gasteiger partial charge in [0.2, 0.25) is 5.91 Å². The number of anilines is 1. The van der Waals surface area contributed by atoms with Gasteiger partial charge in [0, 0.05) is 55.7 Å². The minimum atomic E-state index is 0.0334. The van der Waals surface area contributed by atoms with Crippen molar-refractivity contribution < 1.29 is 9.59 Å². The van der Waals surface area contributed by atoms with Crippen molar-refractivity contribution >= 4 is 17.5 Å². The van der Waals surface area contributed by atoms with Crippen molar-refractivity contribution in [2.45, 2.75) is 69.9 Å². The molecule has 1 saturated heterocycles. The summed E-state index contributed by atoms with van der Waals surface area (Å²) in [6.07, 6.45) is 13.0. The van der Waals surface area contributed by atoms with Gasteiger partial charge in [0.15, 0.2) is 0 Å². The number of hydrogen-bond donors (Lipinski definition) is 1. The summed E-state index contributed by atoms with van der Waals surface area (Å²) in [6.45, 7) is 1.87. The number of carbonyl (C=O) groups is 2. The van der Waals surface area contributed by atoms with E-state index in [4.69, 9.17) is 0 Å². The average molecular weight is 461 g/mol. The first-order valence-corrected chi connectivity index (χ1v) is 13.0. The number of benzene rings is 1. The van der Waals surface area contributed by atoms with Gasteiger partial charge in [-0.2, -0.15) is 0 Å². The van der Waals surface area contributed by atoms with Gasteiger partial charge in [0.05, 0.1) is 6.04 Å². The summed E-state index contributed by atoms with van der Waals surface area (Å²) < 4.78 is 0. The number of nitrogens with zero attached hydrogens (tertiary/aromatic N) is 3.